The summed E-state index contributed by atoms with van der Waals surface area (Å²) >= 11 is 0. The van der Waals surface area contributed by atoms with Crippen LogP contribution in [0.3, 0.4) is 0 Å². The molecule has 3 aliphatic rings. The smallest absolute Gasteiger partial charge is 0.220 e. The maximum Gasteiger partial charge on any atom is 0.220 e. The quantitative estimate of drug-likeness (QED) is 0.0308. The monoisotopic (exact) mass is 1050 g/mol. The molecule has 3 saturated heterocycles. The van der Waals surface area contributed by atoms with Gasteiger partial charge in [0, 0.05) is 6.42 Å². The van der Waals surface area contributed by atoms with Crippen molar-refractivity contribution in [3.63, 3.8) is 0 Å². The van der Waals surface area contributed by atoms with Gasteiger partial charge in [0.05, 0.1) is 38.6 Å². The molecule has 0 aliphatic carbocycles. The van der Waals surface area contributed by atoms with E-state index >= 15 is 0 Å². The summed E-state index contributed by atoms with van der Waals surface area (Å²) < 4.78 is 34.2. The zero-order valence-corrected chi connectivity index (χ0v) is 44.1. The first-order valence-corrected chi connectivity index (χ1v) is 28.1. The summed E-state index contributed by atoms with van der Waals surface area (Å²) in [5, 5.41) is 120. The van der Waals surface area contributed by atoms with Crippen molar-refractivity contribution in [1.29, 1.82) is 0 Å². The van der Waals surface area contributed by atoms with Crippen molar-refractivity contribution in [2.45, 2.75) is 285 Å². The summed E-state index contributed by atoms with van der Waals surface area (Å²) in [7, 11) is 0. The lowest BCUT2D eigenvalue weighted by atomic mass is 9.96. The van der Waals surface area contributed by atoms with Crippen molar-refractivity contribution in [3.05, 3.63) is 24.3 Å². The number of carbonyl (C=O) groups excluding carboxylic acids is 1. The second kappa shape index (κ2) is 38.8. The van der Waals surface area contributed by atoms with E-state index in [1.807, 2.05) is 0 Å². The number of ether oxygens (including phenoxy) is 6. The van der Waals surface area contributed by atoms with E-state index in [0.717, 1.165) is 70.6 Å². The van der Waals surface area contributed by atoms with Crippen LogP contribution in [0.15, 0.2) is 24.3 Å². The molecule has 0 aromatic rings. The Morgan fingerprint density at radius 1 is 0.493 bits per heavy atom. The average Bonchev–Trinajstić information content (AvgIpc) is 3.39. The molecular weight excluding hydrogens is 951 g/mol. The molecule has 3 fully saturated rings. The molecule has 0 bridgehead atoms. The SMILES string of the molecule is CCCCCC/C=C\C/C=C\CCCCCCCCCC(=O)NC(COC1OC(CO)C(OC2OC(CO)C(OC3OC(CO)C(O)C(O)C3O)C(O)C2O)C(O)C1O)C(O)CCCCCCCCCCCC. The van der Waals surface area contributed by atoms with E-state index in [1.165, 1.54) is 77.0 Å². The Hall–Kier alpha value is -1.73. The van der Waals surface area contributed by atoms with Crippen molar-refractivity contribution in [2.75, 3.05) is 26.4 Å². The van der Waals surface area contributed by atoms with Crippen molar-refractivity contribution in [3.8, 4) is 0 Å². The number of hydrogen-bond acceptors (Lipinski definition) is 18. The summed E-state index contributed by atoms with van der Waals surface area (Å²) in [6.07, 6.45) is 9.93. The van der Waals surface area contributed by atoms with Gasteiger partial charge < -0.3 is 89.9 Å². The fourth-order valence-electron chi connectivity index (χ4n) is 9.58. The number of aliphatic hydroxyl groups excluding tert-OH is 11. The molecule has 17 atom stereocenters. The van der Waals surface area contributed by atoms with Gasteiger partial charge in [-0.2, -0.15) is 0 Å². The second-order valence-corrected chi connectivity index (χ2v) is 20.4. The highest BCUT2D eigenvalue weighted by Gasteiger charge is 2.53. The molecule has 3 rings (SSSR count). The van der Waals surface area contributed by atoms with Crippen molar-refractivity contribution in [1.82, 2.24) is 5.32 Å². The fraction of sp³-hybridized carbons (Fsp3) is 0.907. The van der Waals surface area contributed by atoms with E-state index in [-0.39, 0.29) is 18.9 Å². The van der Waals surface area contributed by atoms with Gasteiger partial charge in [0.15, 0.2) is 18.9 Å². The molecule has 428 valence electrons. The van der Waals surface area contributed by atoms with E-state index in [2.05, 4.69) is 43.5 Å². The summed E-state index contributed by atoms with van der Waals surface area (Å²) in [4.78, 5) is 13.3. The first kappa shape index (κ1) is 65.6. The van der Waals surface area contributed by atoms with Crippen LogP contribution in [0.2, 0.25) is 0 Å². The maximum absolute atomic E-state index is 13.3. The minimum atomic E-state index is -1.97. The number of unbranched alkanes of at least 4 members (excludes halogenated alkanes) is 20. The van der Waals surface area contributed by atoms with Crippen molar-refractivity contribution >= 4 is 5.91 Å². The minimum absolute atomic E-state index is 0.254. The Morgan fingerprint density at radius 3 is 1.41 bits per heavy atom. The standard InChI is InChI=1S/C54H99NO18/c1-3-5-7-9-11-13-15-16-17-18-19-20-21-22-24-26-28-30-32-42(60)55-37(38(59)31-29-27-25-23-14-12-10-8-6-4-2)36-68-52-48(66)45(63)50(40(34-57)70-52)73-54-49(67)46(64)51(41(35-58)71-54)72-53-47(65)44(62)43(61)39(33-56)69-53/h13,15,17-18,37-41,43-54,56-59,61-67H,3-12,14,16,19-36H2,1-2H3,(H,55,60)/b15-13-,18-17-. The van der Waals surface area contributed by atoms with Gasteiger partial charge in [0.2, 0.25) is 5.91 Å². The summed E-state index contributed by atoms with van der Waals surface area (Å²) in [6, 6.07) is -0.887. The number of allylic oxidation sites excluding steroid dienone is 4. The van der Waals surface area contributed by atoms with Crippen LogP contribution in [0.1, 0.15) is 181 Å². The Kier molecular flexibility index (Phi) is 34.8. The van der Waals surface area contributed by atoms with Crippen LogP contribution in [0.4, 0.5) is 0 Å². The van der Waals surface area contributed by atoms with Crippen LogP contribution in [-0.2, 0) is 33.2 Å². The number of carbonyl (C=O) groups is 1. The third-order valence-electron chi connectivity index (χ3n) is 14.3. The van der Waals surface area contributed by atoms with Crippen molar-refractivity contribution in [2.24, 2.45) is 0 Å². The van der Waals surface area contributed by atoms with Gasteiger partial charge in [-0.15, -0.1) is 0 Å². The lowest BCUT2D eigenvalue weighted by Gasteiger charge is -2.48. The summed E-state index contributed by atoms with van der Waals surface area (Å²) in [5.74, 6) is -0.254. The van der Waals surface area contributed by atoms with Gasteiger partial charge in [0.1, 0.15) is 73.2 Å². The van der Waals surface area contributed by atoms with Crippen LogP contribution in [0.25, 0.3) is 0 Å². The van der Waals surface area contributed by atoms with Crippen molar-refractivity contribution < 1.29 is 89.4 Å². The summed E-state index contributed by atoms with van der Waals surface area (Å²) in [5.41, 5.74) is 0. The van der Waals surface area contributed by atoms with Gasteiger partial charge in [-0.25, -0.2) is 0 Å². The van der Waals surface area contributed by atoms with E-state index in [0.29, 0.717) is 12.8 Å². The van der Waals surface area contributed by atoms with Crippen LogP contribution in [-0.4, -0.2) is 193 Å². The largest absolute Gasteiger partial charge is 0.394 e. The number of hydrogen-bond donors (Lipinski definition) is 12. The number of amides is 1. The second-order valence-electron chi connectivity index (χ2n) is 20.4. The molecule has 0 radical (unpaired) electrons. The van der Waals surface area contributed by atoms with Crippen LogP contribution in [0, 0.1) is 0 Å². The van der Waals surface area contributed by atoms with Crippen LogP contribution < -0.4 is 5.32 Å². The van der Waals surface area contributed by atoms with E-state index in [1.54, 1.807) is 0 Å². The maximum atomic E-state index is 13.3. The molecule has 3 aliphatic heterocycles. The zero-order valence-electron chi connectivity index (χ0n) is 44.1. The Labute approximate surface area is 435 Å². The van der Waals surface area contributed by atoms with Gasteiger partial charge in [0.25, 0.3) is 0 Å². The minimum Gasteiger partial charge on any atom is -0.394 e. The molecule has 0 aromatic carbocycles. The van der Waals surface area contributed by atoms with E-state index in [9.17, 15) is 61.0 Å². The molecule has 12 N–H and O–H groups in total. The first-order valence-electron chi connectivity index (χ1n) is 28.1. The Morgan fingerprint density at radius 2 is 0.904 bits per heavy atom. The molecule has 0 aromatic heterocycles. The number of nitrogens with one attached hydrogen (secondary N) is 1. The Balaban J connectivity index is 1.50. The van der Waals surface area contributed by atoms with Gasteiger partial charge in [-0.3, -0.25) is 4.79 Å². The molecule has 0 saturated carbocycles. The van der Waals surface area contributed by atoms with E-state index < -0.39 is 124 Å². The highest BCUT2D eigenvalue weighted by molar-refractivity contribution is 5.76. The molecular formula is C54H99NO18. The molecule has 1 amide bonds. The van der Waals surface area contributed by atoms with Gasteiger partial charge >= 0.3 is 0 Å². The molecule has 0 spiro atoms. The first-order chi connectivity index (χ1) is 35.3. The Bertz CT molecular complexity index is 1440. The topological polar surface area (TPSA) is 307 Å². The van der Waals surface area contributed by atoms with Gasteiger partial charge in [-0.1, -0.05) is 154 Å². The third-order valence-corrected chi connectivity index (χ3v) is 14.3. The highest BCUT2D eigenvalue weighted by Crippen LogP contribution is 2.33. The molecule has 73 heavy (non-hydrogen) atoms. The molecule has 17 unspecified atom stereocenters. The van der Waals surface area contributed by atoms with E-state index in [4.69, 9.17) is 28.4 Å². The lowest BCUT2D eigenvalue weighted by Crippen LogP contribution is -2.66. The highest BCUT2D eigenvalue weighted by atomic mass is 16.8. The van der Waals surface area contributed by atoms with Gasteiger partial charge in [-0.05, 0) is 44.9 Å². The number of rotatable bonds is 40. The molecule has 19 nitrogen and oxygen atoms in total. The average molecular weight is 1050 g/mol. The predicted octanol–water partition coefficient (Wildman–Crippen LogP) is 3.59. The third kappa shape index (κ3) is 23.8. The normalized spacial score (nSPS) is 31.9. The summed E-state index contributed by atoms with van der Waals surface area (Å²) in [6.45, 7) is 1.72. The molecule has 3 heterocycles. The predicted molar refractivity (Wildman–Crippen MR) is 273 cm³/mol. The number of aliphatic hydroxyl groups is 11. The zero-order chi connectivity index (χ0) is 53.4. The lowest BCUT2D eigenvalue weighted by molar-refractivity contribution is -0.379. The fourth-order valence-corrected chi connectivity index (χ4v) is 9.58. The molecule has 19 heteroatoms. The van der Waals surface area contributed by atoms with Crippen LogP contribution >= 0.6 is 0 Å². The van der Waals surface area contributed by atoms with Crippen LogP contribution in [0.5, 0.6) is 0 Å².